The van der Waals surface area contributed by atoms with E-state index in [0.29, 0.717) is 0 Å². The summed E-state index contributed by atoms with van der Waals surface area (Å²) < 4.78 is 0. The predicted octanol–water partition coefficient (Wildman–Crippen LogP) is 2.09. The largest absolute Gasteiger partial charge is 0.398 e. The Bertz CT molecular complexity index is 516. The maximum atomic E-state index is 5.97. The molecule has 96 valence electrons. The lowest BCUT2D eigenvalue weighted by atomic mass is 10.0. The summed E-state index contributed by atoms with van der Waals surface area (Å²) in [6.07, 6.45) is 0.754. The Kier molecular flexibility index (Phi) is 3.96. The molecule has 5 N–H and O–H groups in total. The standard InChI is InChI=1S/C13H18N4S/c1-8-9(2)18-13(16-8)7-12(17-15)10-5-3-4-6-11(10)14/h3-6,12,17H,7,14-15H2,1-2H3. The maximum absolute atomic E-state index is 5.97. The molecular weight excluding hydrogens is 244 g/mol. The van der Waals surface area contributed by atoms with Crippen molar-refractivity contribution in [3.05, 3.63) is 45.4 Å². The van der Waals surface area contributed by atoms with Crippen LogP contribution in [0.1, 0.15) is 27.2 Å². The Morgan fingerprint density at radius 2 is 2.06 bits per heavy atom. The fraction of sp³-hybridized carbons (Fsp3) is 0.308. The highest BCUT2D eigenvalue weighted by Gasteiger charge is 2.15. The first-order chi connectivity index (χ1) is 8.61. The molecule has 0 saturated heterocycles. The summed E-state index contributed by atoms with van der Waals surface area (Å²) in [6.45, 7) is 4.11. The van der Waals surface area contributed by atoms with Crippen molar-refractivity contribution in [2.75, 3.05) is 5.73 Å². The number of benzene rings is 1. The molecule has 2 rings (SSSR count). The second kappa shape index (κ2) is 5.48. The molecule has 0 saturated carbocycles. The quantitative estimate of drug-likeness (QED) is 0.448. The van der Waals surface area contributed by atoms with Crippen molar-refractivity contribution in [2.24, 2.45) is 5.84 Å². The summed E-state index contributed by atoms with van der Waals surface area (Å²) in [5, 5.41) is 1.08. The summed E-state index contributed by atoms with van der Waals surface area (Å²) in [5.41, 5.74) is 11.7. The van der Waals surface area contributed by atoms with E-state index in [1.165, 1.54) is 4.88 Å². The van der Waals surface area contributed by atoms with Crippen LogP contribution in [0.25, 0.3) is 0 Å². The van der Waals surface area contributed by atoms with E-state index in [2.05, 4.69) is 17.3 Å². The number of para-hydroxylation sites is 1. The van der Waals surface area contributed by atoms with Crippen molar-refractivity contribution >= 4 is 17.0 Å². The number of nitrogens with zero attached hydrogens (tertiary/aromatic N) is 1. The molecule has 5 heteroatoms. The second-order valence-electron chi connectivity index (χ2n) is 4.30. The van der Waals surface area contributed by atoms with Gasteiger partial charge in [-0.05, 0) is 25.5 Å². The van der Waals surface area contributed by atoms with Gasteiger partial charge in [-0.3, -0.25) is 11.3 Å². The molecule has 0 aliphatic carbocycles. The molecule has 0 spiro atoms. The van der Waals surface area contributed by atoms with E-state index in [0.717, 1.165) is 28.4 Å². The lowest BCUT2D eigenvalue weighted by molar-refractivity contribution is 0.552. The van der Waals surface area contributed by atoms with Gasteiger partial charge >= 0.3 is 0 Å². The smallest absolute Gasteiger partial charge is 0.0950 e. The van der Waals surface area contributed by atoms with E-state index >= 15 is 0 Å². The number of rotatable bonds is 4. The molecule has 0 aliphatic heterocycles. The van der Waals surface area contributed by atoms with Crippen LogP contribution in [0.2, 0.25) is 0 Å². The lowest BCUT2D eigenvalue weighted by Gasteiger charge is -2.16. The average Bonchev–Trinajstić information content (AvgIpc) is 2.66. The van der Waals surface area contributed by atoms with Crippen LogP contribution in [-0.2, 0) is 6.42 Å². The van der Waals surface area contributed by atoms with Gasteiger partial charge in [-0.2, -0.15) is 0 Å². The number of nitrogens with one attached hydrogen (secondary N) is 1. The minimum atomic E-state index is -0.00356. The molecule has 2 aromatic rings. The highest BCUT2D eigenvalue weighted by molar-refractivity contribution is 7.11. The Labute approximate surface area is 111 Å². The first-order valence-electron chi connectivity index (χ1n) is 5.85. The number of nitrogen functional groups attached to an aromatic ring is 1. The van der Waals surface area contributed by atoms with Gasteiger partial charge in [-0.25, -0.2) is 4.98 Å². The van der Waals surface area contributed by atoms with Crippen molar-refractivity contribution in [1.82, 2.24) is 10.4 Å². The van der Waals surface area contributed by atoms with Crippen molar-refractivity contribution in [3.63, 3.8) is 0 Å². The molecule has 1 aromatic heterocycles. The molecule has 4 nitrogen and oxygen atoms in total. The van der Waals surface area contributed by atoms with Crippen LogP contribution in [0.15, 0.2) is 24.3 Å². The molecule has 1 heterocycles. The zero-order valence-electron chi connectivity index (χ0n) is 10.6. The van der Waals surface area contributed by atoms with Crippen molar-refractivity contribution in [3.8, 4) is 0 Å². The van der Waals surface area contributed by atoms with E-state index in [-0.39, 0.29) is 6.04 Å². The summed E-state index contributed by atoms with van der Waals surface area (Å²) in [7, 11) is 0. The highest BCUT2D eigenvalue weighted by atomic mass is 32.1. The zero-order valence-corrected chi connectivity index (χ0v) is 11.4. The molecule has 0 fully saturated rings. The van der Waals surface area contributed by atoms with Gasteiger partial charge in [0.2, 0.25) is 0 Å². The van der Waals surface area contributed by atoms with Gasteiger partial charge < -0.3 is 5.73 Å². The monoisotopic (exact) mass is 262 g/mol. The van der Waals surface area contributed by atoms with Crippen LogP contribution in [-0.4, -0.2) is 4.98 Å². The Morgan fingerprint density at radius 3 is 2.61 bits per heavy atom. The third-order valence-electron chi connectivity index (χ3n) is 3.02. The lowest BCUT2D eigenvalue weighted by Crippen LogP contribution is -2.30. The number of aromatic nitrogens is 1. The van der Waals surface area contributed by atoms with Crippen LogP contribution >= 0.6 is 11.3 Å². The molecule has 1 unspecified atom stereocenters. The molecule has 0 aliphatic rings. The number of aryl methyl sites for hydroxylation is 2. The number of hydrogen-bond donors (Lipinski definition) is 3. The summed E-state index contributed by atoms with van der Waals surface area (Å²) in [6, 6.07) is 7.76. The maximum Gasteiger partial charge on any atom is 0.0950 e. The van der Waals surface area contributed by atoms with Crippen LogP contribution in [0.3, 0.4) is 0 Å². The predicted molar refractivity (Wildman–Crippen MR) is 76.2 cm³/mol. The number of hydrogen-bond acceptors (Lipinski definition) is 5. The van der Waals surface area contributed by atoms with Gasteiger partial charge in [-0.1, -0.05) is 18.2 Å². The number of thiazole rings is 1. The van der Waals surface area contributed by atoms with E-state index < -0.39 is 0 Å². The molecule has 1 aromatic carbocycles. The third-order valence-corrected chi connectivity index (χ3v) is 4.12. The van der Waals surface area contributed by atoms with Gasteiger partial charge in [0.25, 0.3) is 0 Å². The summed E-state index contributed by atoms with van der Waals surface area (Å²) >= 11 is 1.71. The van der Waals surface area contributed by atoms with E-state index in [9.17, 15) is 0 Å². The average molecular weight is 262 g/mol. The van der Waals surface area contributed by atoms with Crippen LogP contribution in [0.4, 0.5) is 5.69 Å². The fourth-order valence-electron chi connectivity index (χ4n) is 1.89. The Hall–Kier alpha value is -1.43. The molecule has 18 heavy (non-hydrogen) atoms. The van der Waals surface area contributed by atoms with E-state index in [1.54, 1.807) is 11.3 Å². The van der Waals surface area contributed by atoms with Crippen molar-refractivity contribution < 1.29 is 0 Å². The fourth-order valence-corrected chi connectivity index (χ4v) is 2.87. The molecule has 1 atom stereocenters. The van der Waals surface area contributed by atoms with Crippen molar-refractivity contribution in [1.29, 1.82) is 0 Å². The van der Waals surface area contributed by atoms with Gasteiger partial charge in [0.05, 0.1) is 16.7 Å². The SMILES string of the molecule is Cc1nc(CC(NN)c2ccccc2N)sc1C. The number of anilines is 1. The molecule has 0 bridgehead atoms. The number of nitrogens with two attached hydrogens (primary N) is 2. The van der Waals surface area contributed by atoms with Gasteiger partial charge in [0.1, 0.15) is 0 Å². The topological polar surface area (TPSA) is 77.0 Å². The van der Waals surface area contributed by atoms with Gasteiger partial charge in [0.15, 0.2) is 0 Å². The minimum absolute atomic E-state index is 0.00356. The first-order valence-corrected chi connectivity index (χ1v) is 6.67. The van der Waals surface area contributed by atoms with Crippen LogP contribution in [0, 0.1) is 13.8 Å². The highest BCUT2D eigenvalue weighted by Crippen LogP contribution is 2.26. The van der Waals surface area contributed by atoms with Crippen LogP contribution < -0.4 is 17.0 Å². The zero-order chi connectivity index (χ0) is 13.1. The number of hydrazine groups is 1. The second-order valence-corrected chi connectivity index (χ2v) is 5.59. The van der Waals surface area contributed by atoms with Gasteiger partial charge in [-0.15, -0.1) is 11.3 Å². The minimum Gasteiger partial charge on any atom is -0.398 e. The summed E-state index contributed by atoms with van der Waals surface area (Å²) in [5.74, 6) is 5.64. The van der Waals surface area contributed by atoms with Crippen molar-refractivity contribution in [2.45, 2.75) is 26.3 Å². The first kappa shape index (κ1) is 13.0. The van der Waals surface area contributed by atoms with Crippen LogP contribution in [0.5, 0.6) is 0 Å². The Balaban J connectivity index is 2.22. The molecule has 0 amide bonds. The van der Waals surface area contributed by atoms with Gasteiger partial charge in [0, 0.05) is 17.0 Å². The molecular formula is C13H18N4S. The van der Waals surface area contributed by atoms with E-state index in [4.69, 9.17) is 11.6 Å². The Morgan fingerprint density at radius 1 is 1.33 bits per heavy atom. The normalized spacial score (nSPS) is 12.6. The van der Waals surface area contributed by atoms with E-state index in [1.807, 2.05) is 31.2 Å². The third kappa shape index (κ3) is 2.69. The summed E-state index contributed by atoms with van der Waals surface area (Å²) in [4.78, 5) is 5.79. The molecule has 0 radical (unpaired) electrons.